The number of nitrogens with zero attached hydrogens (tertiary/aromatic N) is 1. The van der Waals surface area contributed by atoms with Crippen molar-refractivity contribution in [3.63, 3.8) is 0 Å². The SMILES string of the molecule is COC(=O)c1c(NS(=O)(=O)c2ccc(F)cc2CC2CN3CCC2CC3)ccc2c1OC[C@@H]1C[C@H]21. The molecule has 1 saturated carbocycles. The summed E-state index contributed by atoms with van der Waals surface area (Å²) in [6.45, 7) is 3.56. The van der Waals surface area contributed by atoms with Gasteiger partial charge in [0.15, 0.2) is 0 Å². The van der Waals surface area contributed by atoms with E-state index in [1.807, 2.05) is 6.07 Å². The molecule has 7 rings (SSSR count). The van der Waals surface area contributed by atoms with E-state index in [0.717, 1.165) is 44.5 Å². The number of carbonyl (C=O) groups is 1. The van der Waals surface area contributed by atoms with E-state index >= 15 is 0 Å². The number of anilines is 1. The van der Waals surface area contributed by atoms with E-state index in [2.05, 4.69) is 9.62 Å². The van der Waals surface area contributed by atoms with Crippen LogP contribution in [0.4, 0.5) is 10.1 Å². The monoisotopic (exact) mass is 500 g/mol. The zero-order valence-corrected chi connectivity index (χ0v) is 20.4. The largest absolute Gasteiger partial charge is 0.492 e. The first kappa shape index (κ1) is 22.8. The van der Waals surface area contributed by atoms with Crippen LogP contribution in [0.3, 0.4) is 0 Å². The van der Waals surface area contributed by atoms with E-state index in [-0.39, 0.29) is 16.1 Å². The van der Waals surface area contributed by atoms with Gasteiger partial charge < -0.3 is 14.4 Å². The second-order valence-electron chi connectivity index (χ2n) is 10.3. The van der Waals surface area contributed by atoms with Crippen LogP contribution in [0.2, 0.25) is 0 Å². The third-order valence-corrected chi connectivity index (χ3v) is 9.64. The fourth-order valence-corrected chi connectivity index (χ4v) is 7.51. The second-order valence-corrected chi connectivity index (χ2v) is 11.9. The number of hydrogen-bond donors (Lipinski definition) is 1. The average molecular weight is 501 g/mol. The van der Waals surface area contributed by atoms with Crippen molar-refractivity contribution in [2.45, 2.75) is 36.5 Å². The molecule has 3 atom stereocenters. The Kier molecular flexibility index (Phi) is 5.52. The van der Waals surface area contributed by atoms with E-state index in [0.29, 0.717) is 48.0 Å². The summed E-state index contributed by atoms with van der Waals surface area (Å²) in [6, 6.07) is 7.23. The van der Waals surface area contributed by atoms with Gasteiger partial charge >= 0.3 is 5.97 Å². The second kappa shape index (κ2) is 8.48. The fourth-order valence-electron chi connectivity index (χ4n) is 6.21. The molecule has 7 nitrogen and oxygen atoms in total. The highest BCUT2D eigenvalue weighted by Gasteiger charge is 2.45. The molecule has 2 bridgehead atoms. The first-order valence-corrected chi connectivity index (χ1v) is 13.7. The van der Waals surface area contributed by atoms with Crippen molar-refractivity contribution in [3.8, 4) is 5.75 Å². The fraction of sp³-hybridized carbons (Fsp3) is 0.500. The van der Waals surface area contributed by atoms with Crippen LogP contribution in [0.1, 0.15) is 46.7 Å². The van der Waals surface area contributed by atoms with Crippen LogP contribution in [-0.4, -0.2) is 52.6 Å². The number of carbonyl (C=O) groups excluding carboxylic acids is 1. The number of benzene rings is 2. The Hall–Kier alpha value is -2.65. The highest BCUT2D eigenvalue weighted by Crippen LogP contribution is 2.55. The van der Waals surface area contributed by atoms with Gasteiger partial charge in [-0.05, 0) is 91.9 Å². The zero-order chi connectivity index (χ0) is 24.3. The molecule has 4 fully saturated rings. The van der Waals surface area contributed by atoms with Crippen molar-refractivity contribution >= 4 is 21.7 Å². The van der Waals surface area contributed by atoms with Crippen LogP contribution < -0.4 is 9.46 Å². The number of methoxy groups -OCH3 is 1. The summed E-state index contributed by atoms with van der Waals surface area (Å²) in [4.78, 5) is 15.1. The van der Waals surface area contributed by atoms with E-state index in [4.69, 9.17) is 9.47 Å². The van der Waals surface area contributed by atoms with Crippen molar-refractivity contribution in [1.29, 1.82) is 0 Å². The first-order valence-electron chi connectivity index (χ1n) is 12.3. The number of esters is 1. The highest BCUT2D eigenvalue weighted by molar-refractivity contribution is 7.92. The summed E-state index contributed by atoms with van der Waals surface area (Å²) in [5.41, 5.74) is 1.56. The predicted octanol–water partition coefficient (Wildman–Crippen LogP) is 3.79. The van der Waals surface area contributed by atoms with E-state index in [1.165, 1.54) is 25.3 Å². The van der Waals surface area contributed by atoms with Gasteiger partial charge in [0.25, 0.3) is 10.0 Å². The Morgan fingerprint density at radius 1 is 1.20 bits per heavy atom. The zero-order valence-electron chi connectivity index (χ0n) is 19.6. The molecule has 1 N–H and O–H groups in total. The number of nitrogens with one attached hydrogen (secondary N) is 1. The van der Waals surface area contributed by atoms with Gasteiger partial charge in [-0.2, -0.15) is 0 Å². The smallest absolute Gasteiger partial charge is 0.343 e. The summed E-state index contributed by atoms with van der Waals surface area (Å²) in [7, 11) is -2.85. The third-order valence-electron chi connectivity index (χ3n) is 8.17. The molecular weight excluding hydrogens is 471 g/mol. The molecule has 0 spiro atoms. The molecule has 0 aromatic heterocycles. The minimum absolute atomic E-state index is 0.0343. The maximum atomic E-state index is 14.2. The van der Waals surface area contributed by atoms with E-state index in [9.17, 15) is 17.6 Å². The Bertz CT molecular complexity index is 1290. The molecule has 0 radical (unpaired) electrons. The number of ether oxygens (including phenoxy) is 2. The maximum Gasteiger partial charge on any atom is 0.343 e. The molecule has 0 amide bonds. The van der Waals surface area contributed by atoms with Crippen molar-refractivity contribution in [3.05, 3.63) is 52.8 Å². The van der Waals surface area contributed by atoms with Crippen molar-refractivity contribution in [2.75, 3.05) is 38.1 Å². The number of rotatable bonds is 6. The van der Waals surface area contributed by atoms with Crippen molar-refractivity contribution in [1.82, 2.24) is 4.90 Å². The van der Waals surface area contributed by atoms with Gasteiger partial charge in [-0.25, -0.2) is 17.6 Å². The van der Waals surface area contributed by atoms with Gasteiger partial charge in [0.1, 0.15) is 17.1 Å². The molecule has 35 heavy (non-hydrogen) atoms. The van der Waals surface area contributed by atoms with Crippen LogP contribution >= 0.6 is 0 Å². The van der Waals surface area contributed by atoms with Gasteiger partial charge in [0.05, 0.1) is 24.3 Å². The molecule has 4 heterocycles. The van der Waals surface area contributed by atoms with Gasteiger partial charge in [-0.15, -0.1) is 0 Å². The first-order chi connectivity index (χ1) is 16.8. The molecule has 2 aromatic rings. The Balaban J connectivity index is 1.34. The minimum Gasteiger partial charge on any atom is -0.492 e. The highest BCUT2D eigenvalue weighted by atomic mass is 32.2. The number of sulfonamides is 1. The molecule has 4 aliphatic heterocycles. The van der Waals surface area contributed by atoms with Gasteiger partial charge in [-0.1, -0.05) is 6.07 Å². The lowest BCUT2D eigenvalue weighted by Gasteiger charge is -2.45. The lowest BCUT2D eigenvalue weighted by molar-refractivity contribution is 0.0509. The summed E-state index contributed by atoms with van der Waals surface area (Å²) < 4.78 is 54.9. The summed E-state index contributed by atoms with van der Waals surface area (Å²) >= 11 is 0. The molecule has 3 saturated heterocycles. The lowest BCUT2D eigenvalue weighted by Crippen LogP contribution is -2.48. The van der Waals surface area contributed by atoms with Crippen LogP contribution in [0.5, 0.6) is 5.75 Å². The Morgan fingerprint density at radius 3 is 2.71 bits per heavy atom. The average Bonchev–Trinajstić information content (AvgIpc) is 3.64. The summed E-state index contributed by atoms with van der Waals surface area (Å²) in [5, 5.41) is 0. The topological polar surface area (TPSA) is 84.9 Å². The molecular formula is C26H29FN2O5S. The quantitative estimate of drug-likeness (QED) is 0.608. The molecule has 1 aliphatic carbocycles. The van der Waals surface area contributed by atoms with Gasteiger partial charge in [0.2, 0.25) is 0 Å². The number of fused-ring (bicyclic) bond motifs is 6. The van der Waals surface area contributed by atoms with Crippen LogP contribution in [-0.2, 0) is 21.2 Å². The van der Waals surface area contributed by atoms with E-state index in [1.54, 1.807) is 6.07 Å². The summed E-state index contributed by atoms with van der Waals surface area (Å²) in [6.07, 6.45) is 3.69. The summed E-state index contributed by atoms with van der Waals surface area (Å²) in [5.74, 6) is 0.871. The minimum atomic E-state index is -4.11. The number of halogens is 1. The maximum absolute atomic E-state index is 14.2. The number of piperidine rings is 3. The normalized spacial score (nSPS) is 28.5. The van der Waals surface area contributed by atoms with Gasteiger partial charge in [0, 0.05) is 12.5 Å². The Morgan fingerprint density at radius 2 is 2.00 bits per heavy atom. The van der Waals surface area contributed by atoms with Crippen LogP contribution in [0.15, 0.2) is 35.2 Å². The molecule has 9 heteroatoms. The Labute approximate surface area is 204 Å². The van der Waals surface area contributed by atoms with Crippen LogP contribution in [0.25, 0.3) is 0 Å². The van der Waals surface area contributed by atoms with Crippen LogP contribution in [0, 0.1) is 23.6 Å². The standard InChI is InChI=1S/C26H29FN2O5S/c1-33-26(30)24-22(4-3-20-21-12-18(21)14-34-25(20)24)28-35(31,32)23-5-2-19(27)11-16(23)10-17-13-29-8-6-15(17)7-9-29/h2-5,11,15,17-18,21,28H,6-10,12-14H2,1H3/t17?,18-,21-/m0/s1. The lowest BCUT2D eigenvalue weighted by atomic mass is 9.76. The molecule has 2 aromatic carbocycles. The molecule has 186 valence electrons. The molecule has 1 unspecified atom stereocenters. The molecule has 5 aliphatic rings. The number of hydrogen-bond acceptors (Lipinski definition) is 6. The third kappa shape index (κ3) is 4.08. The van der Waals surface area contributed by atoms with Crippen molar-refractivity contribution < 1.29 is 27.1 Å². The van der Waals surface area contributed by atoms with Crippen molar-refractivity contribution in [2.24, 2.45) is 17.8 Å². The van der Waals surface area contributed by atoms with E-state index < -0.39 is 21.8 Å². The van der Waals surface area contributed by atoms with Gasteiger partial charge in [-0.3, -0.25) is 4.72 Å². The predicted molar refractivity (Wildman–Crippen MR) is 128 cm³/mol.